The van der Waals surface area contributed by atoms with Gasteiger partial charge in [-0.15, -0.1) is 0 Å². The third kappa shape index (κ3) is 2.28. The number of nitrogens with one attached hydrogen (secondary N) is 1. The Labute approximate surface area is 60.6 Å². The standard InChI is InChI=1S/C6H11NOS/c1-5(9)8-6-3-2-4-7-6/h6-7H,2-4H2,1H3. The number of thiocarbonyl (C=S) groups is 1. The van der Waals surface area contributed by atoms with E-state index in [2.05, 4.69) is 5.32 Å². The van der Waals surface area contributed by atoms with Gasteiger partial charge >= 0.3 is 0 Å². The second-order valence-corrected chi connectivity index (χ2v) is 2.77. The van der Waals surface area contributed by atoms with E-state index in [0.29, 0.717) is 5.05 Å². The first-order valence-electron chi connectivity index (χ1n) is 3.19. The molecular formula is C6H11NOS. The van der Waals surface area contributed by atoms with Crippen molar-refractivity contribution in [3.05, 3.63) is 0 Å². The van der Waals surface area contributed by atoms with Gasteiger partial charge in [-0.05, 0) is 31.6 Å². The summed E-state index contributed by atoms with van der Waals surface area (Å²) in [4.78, 5) is 0. The lowest BCUT2D eigenvalue weighted by Crippen LogP contribution is -2.25. The Balaban J connectivity index is 2.19. The zero-order valence-electron chi connectivity index (χ0n) is 5.52. The Morgan fingerprint density at radius 1 is 1.78 bits per heavy atom. The first-order chi connectivity index (χ1) is 4.29. The molecule has 0 aromatic heterocycles. The molecule has 0 spiro atoms. The molecule has 1 aliphatic heterocycles. The third-order valence-corrected chi connectivity index (χ3v) is 1.42. The van der Waals surface area contributed by atoms with Gasteiger partial charge in [0.1, 0.15) is 0 Å². The van der Waals surface area contributed by atoms with Gasteiger partial charge in [0.2, 0.25) is 0 Å². The quantitative estimate of drug-likeness (QED) is 0.557. The van der Waals surface area contributed by atoms with Crippen LogP contribution in [0.1, 0.15) is 19.8 Å². The van der Waals surface area contributed by atoms with Crippen molar-refractivity contribution in [2.75, 3.05) is 6.54 Å². The topological polar surface area (TPSA) is 21.3 Å². The Morgan fingerprint density at radius 2 is 2.56 bits per heavy atom. The molecule has 1 rings (SSSR count). The SMILES string of the molecule is CC(=S)OC1CCCN1. The average molecular weight is 145 g/mol. The van der Waals surface area contributed by atoms with Crippen molar-refractivity contribution < 1.29 is 4.74 Å². The fraction of sp³-hybridized carbons (Fsp3) is 0.833. The summed E-state index contributed by atoms with van der Waals surface area (Å²) in [6, 6.07) is 0. The zero-order chi connectivity index (χ0) is 6.69. The summed E-state index contributed by atoms with van der Waals surface area (Å²) < 4.78 is 5.23. The van der Waals surface area contributed by atoms with Gasteiger partial charge in [-0.25, -0.2) is 0 Å². The molecule has 0 saturated carbocycles. The molecule has 52 valence electrons. The van der Waals surface area contributed by atoms with Crippen LogP contribution in [0, 0.1) is 0 Å². The molecule has 1 N–H and O–H groups in total. The van der Waals surface area contributed by atoms with Gasteiger partial charge < -0.3 is 4.74 Å². The van der Waals surface area contributed by atoms with Crippen LogP contribution in [-0.4, -0.2) is 17.8 Å². The van der Waals surface area contributed by atoms with Crippen LogP contribution >= 0.6 is 12.2 Å². The predicted molar refractivity (Wildman–Crippen MR) is 40.4 cm³/mol. The van der Waals surface area contributed by atoms with E-state index in [0.717, 1.165) is 13.0 Å². The molecular weight excluding hydrogens is 134 g/mol. The van der Waals surface area contributed by atoms with E-state index >= 15 is 0 Å². The van der Waals surface area contributed by atoms with Crippen LogP contribution in [0.5, 0.6) is 0 Å². The van der Waals surface area contributed by atoms with Gasteiger partial charge in [-0.2, -0.15) is 0 Å². The fourth-order valence-corrected chi connectivity index (χ4v) is 1.07. The zero-order valence-corrected chi connectivity index (χ0v) is 6.33. The monoisotopic (exact) mass is 145 g/mol. The van der Waals surface area contributed by atoms with Crippen LogP contribution in [-0.2, 0) is 4.74 Å². The van der Waals surface area contributed by atoms with Crippen LogP contribution in [0.2, 0.25) is 0 Å². The van der Waals surface area contributed by atoms with Gasteiger partial charge in [-0.1, -0.05) is 0 Å². The molecule has 0 aliphatic carbocycles. The molecule has 1 atom stereocenters. The molecule has 1 heterocycles. The normalized spacial score (nSPS) is 26.1. The summed E-state index contributed by atoms with van der Waals surface area (Å²) in [6.45, 7) is 2.86. The van der Waals surface area contributed by atoms with Crippen LogP contribution in [0.25, 0.3) is 0 Å². The van der Waals surface area contributed by atoms with E-state index in [-0.39, 0.29) is 6.23 Å². The summed E-state index contributed by atoms with van der Waals surface area (Å²) in [7, 11) is 0. The molecule has 1 fully saturated rings. The molecule has 1 aliphatic rings. The fourth-order valence-electron chi connectivity index (χ4n) is 0.953. The highest BCUT2D eigenvalue weighted by molar-refractivity contribution is 7.80. The Morgan fingerprint density at radius 3 is 3.00 bits per heavy atom. The minimum atomic E-state index is 0.197. The van der Waals surface area contributed by atoms with Crippen molar-refractivity contribution in [2.45, 2.75) is 26.0 Å². The van der Waals surface area contributed by atoms with Crippen LogP contribution in [0.15, 0.2) is 0 Å². The van der Waals surface area contributed by atoms with E-state index in [4.69, 9.17) is 17.0 Å². The molecule has 0 bridgehead atoms. The van der Waals surface area contributed by atoms with Crippen molar-refractivity contribution in [1.82, 2.24) is 5.32 Å². The van der Waals surface area contributed by atoms with E-state index < -0.39 is 0 Å². The average Bonchev–Trinajstić information content (AvgIpc) is 2.15. The summed E-state index contributed by atoms with van der Waals surface area (Å²) in [5.74, 6) is 0. The molecule has 9 heavy (non-hydrogen) atoms. The number of ether oxygens (including phenoxy) is 1. The summed E-state index contributed by atoms with van der Waals surface area (Å²) in [5.41, 5.74) is 0. The van der Waals surface area contributed by atoms with E-state index in [9.17, 15) is 0 Å². The summed E-state index contributed by atoms with van der Waals surface area (Å²) >= 11 is 4.77. The largest absolute Gasteiger partial charge is 0.469 e. The third-order valence-electron chi connectivity index (χ3n) is 1.32. The van der Waals surface area contributed by atoms with Gasteiger partial charge in [0, 0.05) is 6.92 Å². The highest BCUT2D eigenvalue weighted by Gasteiger charge is 2.14. The van der Waals surface area contributed by atoms with E-state index in [1.54, 1.807) is 6.92 Å². The van der Waals surface area contributed by atoms with Crippen LogP contribution < -0.4 is 5.32 Å². The van der Waals surface area contributed by atoms with Gasteiger partial charge in [0.25, 0.3) is 0 Å². The molecule has 0 amide bonds. The Hall–Kier alpha value is -0.150. The number of hydrogen-bond donors (Lipinski definition) is 1. The van der Waals surface area contributed by atoms with Crippen molar-refractivity contribution in [1.29, 1.82) is 0 Å². The molecule has 3 heteroatoms. The minimum absolute atomic E-state index is 0.197. The molecule has 0 radical (unpaired) electrons. The Kier molecular flexibility index (Phi) is 2.42. The second-order valence-electron chi connectivity index (χ2n) is 2.19. The van der Waals surface area contributed by atoms with Gasteiger partial charge in [-0.3, -0.25) is 5.32 Å². The minimum Gasteiger partial charge on any atom is -0.469 e. The van der Waals surface area contributed by atoms with Gasteiger partial charge in [0.15, 0.2) is 11.3 Å². The summed E-state index contributed by atoms with van der Waals surface area (Å²) in [5, 5.41) is 3.81. The highest BCUT2D eigenvalue weighted by atomic mass is 32.1. The Bertz CT molecular complexity index is 110. The van der Waals surface area contributed by atoms with Crippen LogP contribution in [0.4, 0.5) is 0 Å². The first kappa shape index (κ1) is 6.96. The molecule has 0 aromatic rings. The number of hydrogen-bond acceptors (Lipinski definition) is 3. The van der Waals surface area contributed by atoms with Crippen molar-refractivity contribution in [2.24, 2.45) is 0 Å². The maximum absolute atomic E-state index is 5.23. The van der Waals surface area contributed by atoms with Crippen molar-refractivity contribution in [3.63, 3.8) is 0 Å². The lowest BCUT2D eigenvalue weighted by molar-refractivity contribution is 0.178. The van der Waals surface area contributed by atoms with Crippen molar-refractivity contribution in [3.8, 4) is 0 Å². The maximum Gasteiger partial charge on any atom is 0.159 e. The molecule has 0 aromatic carbocycles. The van der Waals surface area contributed by atoms with Crippen molar-refractivity contribution >= 4 is 17.3 Å². The van der Waals surface area contributed by atoms with Gasteiger partial charge in [0.05, 0.1) is 0 Å². The second kappa shape index (κ2) is 3.13. The lowest BCUT2D eigenvalue weighted by Gasteiger charge is -2.10. The predicted octanol–water partition coefficient (Wildman–Crippen LogP) is 1.06. The lowest BCUT2D eigenvalue weighted by atomic mass is 10.4. The maximum atomic E-state index is 5.23. The number of rotatable bonds is 1. The summed E-state index contributed by atoms with van der Waals surface area (Å²) in [6.07, 6.45) is 2.49. The van der Waals surface area contributed by atoms with E-state index in [1.165, 1.54) is 6.42 Å². The molecule has 1 saturated heterocycles. The molecule has 2 nitrogen and oxygen atoms in total. The van der Waals surface area contributed by atoms with Crippen LogP contribution in [0.3, 0.4) is 0 Å². The van der Waals surface area contributed by atoms with E-state index in [1.807, 2.05) is 0 Å². The smallest absolute Gasteiger partial charge is 0.159 e. The molecule has 1 unspecified atom stereocenters. The first-order valence-corrected chi connectivity index (χ1v) is 3.60. The highest BCUT2D eigenvalue weighted by Crippen LogP contribution is 2.06.